The molecule has 0 aliphatic carbocycles. The van der Waals surface area contributed by atoms with Crippen molar-refractivity contribution in [2.45, 2.75) is 38.3 Å². The lowest BCUT2D eigenvalue weighted by Crippen LogP contribution is -2.37. The Hall–Kier alpha value is -2.83. The van der Waals surface area contributed by atoms with Crippen LogP contribution in [0.25, 0.3) is 0 Å². The fraction of sp³-hybridized carbons (Fsp3) is 0.350. The quantitative estimate of drug-likeness (QED) is 0.812. The number of aromatic nitrogens is 1. The second kappa shape index (κ2) is 8.70. The standard InChI is InChI=1S/C20H21F2N3O2/c21-17-5-1-4-15(20(17)22)13-25-16(6-7-19(25)27)11-18(26)24-10-8-14-3-2-9-23-12-14/h1-5,9,12,16H,6-8,10-11,13H2,(H,24,26). The maximum Gasteiger partial charge on any atom is 0.223 e. The van der Waals surface area contributed by atoms with E-state index in [0.717, 1.165) is 11.6 Å². The Morgan fingerprint density at radius 2 is 2.11 bits per heavy atom. The Bertz CT molecular complexity index is 814. The summed E-state index contributed by atoms with van der Waals surface area (Å²) in [5.41, 5.74) is 1.14. The van der Waals surface area contributed by atoms with Crippen LogP contribution in [0.2, 0.25) is 0 Å². The van der Waals surface area contributed by atoms with Gasteiger partial charge in [0, 0.05) is 49.9 Å². The molecule has 0 spiro atoms. The summed E-state index contributed by atoms with van der Waals surface area (Å²) in [5, 5.41) is 2.84. The van der Waals surface area contributed by atoms with Crippen LogP contribution < -0.4 is 5.32 Å². The highest BCUT2D eigenvalue weighted by atomic mass is 19.2. The van der Waals surface area contributed by atoms with Crippen LogP contribution in [0.4, 0.5) is 8.78 Å². The van der Waals surface area contributed by atoms with Crippen molar-refractivity contribution in [2.75, 3.05) is 6.54 Å². The van der Waals surface area contributed by atoms with E-state index < -0.39 is 11.6 Å². The van der Waals surface area contributed by atoms with Crippen molar-refractivity contribution < 1.29 is 18.4 Å². The zero-order valence-corrected chi connectivity index (χ0v) is 14.8. The first-order valence-electron chi connectivity index (χ1n) is 8.92. The number of likely N-dealkylation sites (tertiary alicyclic amines) is 1. The SMILES string of the molecule is O=C(CC1CCC(=O)N1Cc1cccc(F)c1F)NCCc1cccnc1. The van der Waals surface area contributed by atoms with Gasteiger partial charge in [0.1, 0.15) is 0 Å². The van der Waals surface area contributed by atoms with Crippen molar-refractivity contribution in [3.63, 3.8) is 0 Å². The van der Waals surface area contributed by atoms with E-state index in [0.29, 0.717) is 25.8 Å². The Kier molecular flexibility index (Phi) is 6.11. The molecule has 1 aromatic heterocycles. The molecule has 7 heteroatoms. The predicted molar refractivity (Wildman–Crippen MR) is 95.5 cm³/mol. The number of rotatable bonds is 7. The largest absolute Gasteiger partial charge is 0.356 e. The average Bonchev–Trinajstić information content (AvgIpc) is 2.99. The molecule has 5 nitrogen and oxygen atoms in total. The highest BCUT2D eigenvalue weighted by molar-refractivity contribution is 5.82. The second-order valence-corrected chi connectivity index (χ2v) is 6.59. The Labute approximate surface area is 156 Å². The van der Waals surface area contributed by atoms with E-state index in [2.05, 4.69) is 10.3 Å². The molecule has 1 atom stereocenters. The lowest BCUT2D eigenvalue weighted by Gasteiger charge is -2.25. The molecule has 2 amide bonds. The molecule has 27 heavy (non-hydrogen) atoms. The number of amides is 2. The van der Waals surface area contributed by atoms with Gasteiger partial charge in [-0.15, -0.1) is 0 Å². The molecule has 2 heterocycles. The van der Waals surface area contributed by atoms with Crippen LogP contribution in [0, 0.1) is 11.6 Å². The first-order chi connectivity index (χ1) is 13.0. The summed E-state index contributed by atoms with van der Waals surface area (Å²) in [6, 6.07) is 7.37. The van der Waals surface area contributed by atoms with Gasteiger partial charge in [0.15, 0.2) is 11.6 Å². The summed E-state index contributed by atoms with van der Waals surface area (Å²) >= 11 is 0. The molecule has 1 fully saturated rings. The molecule has 0 bridgehead atoms. The van der Waals surface area contributed by atoms with E-state index in [-0.39, 0.29) is 36.4 Å². The predicted octanol–water partition coefficient (Wildman–Crippen LogP) is 2.60. The molecular weight excluding hydrogens is 352 g/mol. The molecule has 0 radical (unpaired) electrons. The van der Waals surface area contributed by atoms with E-state index in [9.17, 15) is 18.4 Å². The number of carbonyl (C=O) groups excluding carboxylic acids is 2. The van der Waals surface area contributed by atoms with Crippen LogP contribution in [0.3, 0.4) is 0 Å². The first-order valence-corrected chi connectivity index (χ1v) is 8.92. The fourth-order valence-electron chi connectivity index (χ4n) is 3.26. The average molecular weight is 373 g/mol. The van der Waals surface area contributed by atoms with Crippen LogP contribution in [-0.2, 0) is 22.6 Å². The number of pyridine rings is 1. The highest BCUT2D eigenvalue weighted by Gasteiger charge is 2.33. The zero-order chi connectivity index (χ0) is 19.2. The van der Waals surface area contributed by atoms with Crippen LogP contribution in [0.5, 0.6) is 0 Å². The van der Waals surface area contributed by atoms with Crippen molar-refractivity contribution in [3.05, 3.63) is 65.5 Å². The molecule has 3 rings (SSSR count). The monoisotopic (exact) mass is 373 g/mol. The maximum atomic E-state index is 13.9. The van der Waals surface area contributed by atoms with Crippen LogP contribution >= 0.6 is 0 Å². The minimum Gasteiger partial charge on any atom is -0.356 e. The topological polar surface area (TPSA) is 62.3 Å². The van der Waals surface area contributed by atoms with Gasteiger partial charge in [-0.1, -0.05) is 18.2 Å². The summed E-state index contributed by atoms with van der Waals surface area (Å²) in [7, 11) is 0. The molecule has 2 aromatic rings. The van der Waals surface area contributed by atoms with Crippen molar-refractivity contribution in [3.8, 4) is 0 Å². The Balaban J connectivity index is 1.54. The molecule has 1 unspecified atom stereocenters. The number of benzene rings is 1. The van der Waals surface area contributed by atoms with Gasteiger partial charge in [-0.05, 0) is 30.5 Å². The summed E-state index contributed by atoms with van der Waals surface area (Å²) in [6.45, 7) is 0.444. The summed E-state index contributed by atoms with van der Waals surface area (Å²) in [6.07, 6.45) is 5.10. The molecule has 1 aliphatic rings. The van der Waals surface area contributed by atoms with E-state index in [1.54, 1.807) is 12.4 Å². The number of nitrogens with zero attached hydrogens (tertiary/aromatic N) is 2. The van der Waals surface area contributed by atoms with E-state index in [1.807, 2.05) is 12.1 Å². The van der Waals surface area contributed by atoms with E-state index in [1.165, 1.54) is 17.0 Å². The van der Waals surface area contributed by atoms with Gasteiger partial charge in [0.25, 0.3) is 0 Å². The van der Waals surface area contributed by atoms with Gasteiger partial charge in [0.2, 0.25) is 11.8 Å². The van der Waals surface area contributed by atoms with Crippen molar-refractivity contribution in [1.82, 2.24) is 15.2 Å². The van der Waals surface area contributed by atoms with Gasteiger partial charge in [0.05, 0.1) is 0 Å². The van der Waals surface area contributed by atoms with Gasteiger partial charge in [-0.3, -0.25) is 14.6 Å². The van der Waals surface area contributed by atoms with Crippen LogP contribution in [0.15, 0.2) is 42.7 Å². The van der Waals surface area contributed by atoms with Crippen molar-refractivity contribution in [1.29, 1.82) is 0 Å². The lowest BCUT2D eigenvalue weighted by molar-refractivity contribution is -0.130. The number of halogens is 2. The first kappa shape index (κ1) is 18.9. The minimum absolute atomic E-state index is 0.0317. The molecule has 0 saturated carbocycles. The van der Waals surface area contributed by atoms with Gasteiger partial charge in [-0.2, -0.15) is 0 Å². The maximum absolute atomic E-state index is 13.9. The third kappa shape index (κ3) is 4.87. The van der Waals surface area contributed by atoms with E-state index >= 15 is 0 Å². The summed E-state index contributed by atoms with van der Waals surface area (Å²) in [5.74, 6) is -2.20. The lowest BCUT2D eigenvalue weighted by atomic mass is 10.1. The molecule has 1 N–H and O–H groups in total. The number of hydrogen-bond acceptors (Lipinski definition) is 3. The van der Waals surface area contributed by atoms with Crippen molar-refractivity contribution in [2.24, 2.45) is 0 Å². The van der Waals surface area contributed by atoms with Crippen molar-refractivity contribution >= 4 is 11.8 Å². The summed E-state index contributed by atoms with van der Waals surface area (Å²) in [4.78, 5) is 29.8. The minimum atomic E-state index is -0.947. The fourth-order valence-corrected chi connectivity index (χ4v) is 3.26. The van der Waals surface area contributed by atoms with Gasteiger partial charge < -0.3 is 10.2 Å². The van der Waals surface area contributed by atoms with Crippen LogP contribution in [0.1, 0.15) is 30.4 Å². The summed E-state index contributed by atoms with van der Waals surface area (Å²) < 4.78 is 27.3. The third-order valence-electron chi connectivity index (χ3n) is 4.70. The van der Waals surface area contributed by atoms with E-state index in [4.69, 9.17) is 0 Å². The number of nitrogens with one attached hydrogen (secondary N) is 1. The number of carbonyl (C=O) groups is 2. The number of hydrogen-bond donors (Lipinski definition) is 1. The molecule has 1 aromatic carbocycles. The molecule has 1 saturated heterocycles. The Morgan fingerprint density at radius 3 is 2.89 bits per heavy atom. The highest BCUT2D eigenvalue weighted by Crippen LogP contribution is 2.25. The molecular formula is C20H21F2N3O2. The molecule has 1 aliphatic heterocycles. The smallest absolute Gasteiger partial charge is 0.223 e. The zero-order valence-electron chi connectivity index (χ0n) is 14.8. The van der Waals surface area contributed by atoms with Crippen LogP contribution in [-0.4, -0.2) is 34.3 Å². The second-order valence-electron chi connectivity index (χ2n) is 6.59. The van der Waals surface area contributed by atoms with Gasteiger partial charge >= 0.3 is 0 Å². The third-order valence-corrected chi connectivity index (χ3v) is 4.70. The van der Waals surface area contributed by atoms with Gasteiger partial charge in [-0.25, -0.2) is 8.78 Å². The Morgan fingerprint density at radius 1 is 1.26 bits per heavy atom. The molecule has 142 valence electrons. The normalized spacial score (nSPS) is 16.6.